The number of hydrogen-bond donors (Lipinski definition) is 0. The van der Waals surface area contributed by atoms with Crippen LogP contribution in [0.4, 0.5) is 5.69 Å². The van der Waals surface area contributed by atoms with Gasteiger partial charge in [-0.1, -0.05) is 30.4 Å². The van der Waals surface area contributed by atoms with Gasteiger partial charge in [-0.25, -0.2) is 0 Å². The van der Waals surface area contributed by atoms with Gasteiger partial charge in [0.2, 0.25) is 17.7 Å². The molecule has 0 aromatic heterocycles. The number of allylic oxidation sites excluding steroid dienone is 2. The summed E-state index contributed by atoms with van der Waals surface area (Å²) in [5, 5.41) is 0. The Bertz CT molecular complexity index is 799. The van der Waals surface area contributed by atoms with Crippen LogP contribution in [0, 0.1) is 23.7 Å². The molecule has 2 saturated heterocycles. The van der Waals surface area contributed by atoms with E-state index in [0.29, 0.717) is 13.1 Å². The van der Waals surface area contributed by atoms with Crippen molar-refractivity contribution in [2.24, 2.45) is 23.7 Å². The van der Waals surface area contributed by atoms with E-state index in [1.54, 1.807) is 0 Å². The topological polar surface area (TPSA) is 60.9 Å². The van der Waals surface area contributed by atoms with Gasteiger partial charge in [-0.15, -0.1) is 0 Å². The molecule has 0 spiro atoms. The quantitative estimate of drug-likeness (QED) is 0.588. The van der Waals surface area contributed by atoms with Crippen molar-refractivity contribution in [1.82, 2.24) is 9.80 Å². The van der Waals surface area contributed by atoms with Crippen molar-refractivity contribution in [1.29, 1.82) is 0 Å². The smallest absolute Gasteiger partial charge is 0.233 e. The summed E-state index contributed by atoms with van der Waals surface area (Å²) in [5.74, 6) is 0.00373. The normalized spacial score (nSPS) is 31.1. The lowest BCUT2D eigenvalue weighted by Gasteiger charge is -2.36. The Balaban J connectivity index is 1.15. The van der Waals surface area contributed by atoms with E-state index in [4.69, 9.17) is 0 Å². The molecule has 4 aliphatic rings. The molecule has 28 heavy (non-hydrogen) atoms. The van der Waals surface area contributed by atoms with E-state index in [2.05, 4.69) is 29.2 Å². The third-order valence-corrected chi connectivity index (χ3v) is 6.86. The fourth-order valence-electron chi connectivity index (χ4n) is 5.40. The van der Waals surface area contributed by atoms with Crippen molar-refractivity contribution in [2.75, 3.05) is 37.6 Å². The Morgan fingerprint density at radius 2 is 1.50 bits per heavy atom. The summed E-state index contributed by atoms with van der Waals surface area (Å²) in [5.41, 5.74) is 1.18. The fourth-order valence-corrected chi connectivity index (χ4v) is 5.40. The van der Waals surface area contributed by atoms with Crippen LogP contribution in [0.2, 0.25) is 0 Å². The minimum atomic E-state index is -0.174. The molecule has 2 bridgehead atoms. The lowest BCUT2D eigenvalue weighted by molar-refractivity contribution is -0.141. The Kier molecular flexibility index (Phi) is 4.22. The average molecular weight is 379 g/mol. The molecule has 2 aliphatic carbocycles. The molecule has 3 amide bonds. The van der Waals surface area contributed by atoms with Crippen LogP contribution >= 0.6 is 0 Å². The van der Waals surface area contributed by atoms with E-state index in [9.17, 15) is 14.4 Å². The SMILES string of the molecule is O=C(CCN1C(=O)C2C3C=CC(C3)C2C1=O)N1CCN(c2ccccc2)CC1. The molecule has 6 nitrogen and oxygen atoms in total. The second-order valence-electron chi connectivity index (χ2n) is 8.28. The maximum atomic E-state index is 12.7. The van der Waals surface area contributed by atoms with E-state index in [0.717, 1.165) is 19.5 Å². The molecule has 146 valence electrons. The van der Waals surface area contributed by atoms with Crippen molar-refractivity contribution in [3.63, 3.8) is 0 Å². The van der Waals surface area contributed by atoms with Gasteiger partial charge in [0.1, 0.15) is 0 Å². The second kappa shape index (κ2) is 6.76. The largest absolute Gasteiger partial charge is 0.368 e. The van der Waals surface area contributed by atoms with Gasteiger partial charge in [-0.2, -0.15) is 0 Å². The average Bonchev–Trinajstić information content (AvgIpc) is 3.41. The number of anilines is 1. The molecular formula is C22H25N3O3. The molecule has 1 saturated carbocycles. The highest BCUT2D eigenvalue weighted by Gasteiger charge is 2.59. The van der Waals surface area contributed by atoms with E-state index in [1.807, 2.05) is 23.1 Å². The first-order valence-corrected chi connectivity index (χ1v) is 10.2. The summed E-state index contributed by atoms with van der Waals surface area (Å²) in [6, 6.07) is 10.2. The predicted molar refractivity (Wildman–Crippen MR) is 104 cm³/mol. The molecular weight excluding hydrogens is 354 g/mol. The third-order valence-electron chi connectivity index (χ3n) is 6.86. The highest BCUT2D eigenvalue weighted by atomic mass is 16.2. The van der Waals surface area contributed by atoms with Crippen LogP contribution in [-0.4, -0.2) is 60.2 Å². The van der Waals surface area contributed by atoms with E-state index < -0.39 is 0 Å². The number of amides is 3. The molecule has 4 atom stereocenters. The number of rotatable bonds is 4. The molecule has 3 fully saturated rings. The Labute approximate surface area is 164 Å². The van der Waals surface area contributed by atoms with Gasteiger partial charge < -0.3 is 9.80 Å². The van der Waals surface area contributed by atoms with Crippen LogP contribution in [-0.2, 0) is 14.4 Å². The molecule has 0 radical (unpaired) electrons. The predicted octanol–water partition coefficient (Wildman–Crippen LogP) is 1.53. The number of piperazine rings is 1. The number of hydrogen-bond acceptors (Lipinski definition) is 4. The number of likely N-dealkylation sites (tertiary alicyclic amines) is 1. The third kappa shape index (κ3) is 2.74. The van der Waals surface area contributed by atoms with E-state index in [1.165, 1.54) is 10.6 Å². The minimum absolute atomic E-state index is 0.0338. The summed E-state index contributed by atoms with van der Waals surface area (Å²) in [7, 11) is 0. The summed E-state index contributed by atoms with van der Waals surface area (Å²) < 4.78 is 0. The number of para-hydroxylation sites is 1. The van der Waals surface area contributed by atoms with Crippen LogP contribution in [0.25, 0.3) is 0 Å². The highest BCUT2D eigenvalue weighted by molar-refractivity contribution is 6.06. The first-order chi connectivity index (χ1) is 13.6. The summed E-state index contributed by atoms with van der Waals surface area (Å²) >= 11 is 0. The van der Waals surface area contributed by atoms with E-state index in [-0.39, 0.29) is 54.4 Å². The van der Waals surface area contributed by atoms with Crippen molar-refractivity contribution in [2.45, 2.75) is 12.8 Å². The zero-order valence-corrected chi connectivity index (χ0v) is 15.9. The monoisotopic (exact) mass is 379 g/mol. The molecule has 2 aliphatic heterocycles. The van der Waals surface area contributed by atoms with Gasteiger partial charge in [0.25, 0.3) is 0 Å². The van der Waals surface area contributed by atoms with Gasteiger partial charge in [0, 0.05) is 44.8 Å². The standard InChI is InChI=1S/C22H25N3O3/c26-18(24-12-10-23(11-13-24)17-4-2-1-3-5-17)8-9-25-21(27)19-15-6-7-16(14-15)20(19)22(25)28/h1-7,15-16,19-20H,8-14H2. The Morgan fingerprint density at radius 3 is 2.11 bits per heavy atom. The summed E-state index contributed by atoms with van der Waals surface area (Å²) in [6.07, 6.45) is 5.35. The number of carbonyl (C=O) groups is 3. The van der Waals surface area contributed by atoms with Crippen molar-refractivity contribution < 1.29 is 14.4 Å². The number of nitrogens with zero attached hydrogens (tertiary/aromatic N) is 3. The maximum Gasteiger partial charge on any atom is 0.233 e. The number of carbonyl (C=O) groups excluding carboxylic acids is 3. The highest BCUT2D eigenvalue weighted by Crippen LogP contribution is 2.52. The van der Waals surface area contributed by atoms with Crippen molar-refractivity contribution >= 4 is 23.4 Å². The Hall–Kier alpha value is -2.63. The van der Waals surface area contributed by atoms with Gasteiger partial charge in [-0.05, 0) is 30.4 Å². The zero-order valence-electron chi connectivity index (χ0n) is 15.9. The van der Waals surface area contributed by atoms with Crippen LogP contribution in [0.1, 0.15) is 12.8 Å². The molecule has 1 aromatic carbocycles. The molecule has 0 N–H and O–H groups in total. The van der Waals surface area contributed by atoms with Crippen LogP contribution < -0.4 is 4.90 Å². The zero-order chi connectivity index (χ0) is 19.3. The number of imide groups is 1. The van der Waals surface area contributed by atoms with Crippen LogP contribution in [0.15, 0.2) is 42.5 Å². The number of fused-ring (bicyclic) bond motifs is 5. The lowest BCUT2D eigenvalue weighted by atomic mass is 9.85. The first kappa shape index (κ1) is 17.5. The van der Waals surface area contributed by atoms with Crippen molar-refractivity contribution in [3.8, 4) is 0 Å². The molecule has 2 heterocycles. The molecule has 4 unspecified atom stereocenters. The first-order valence-electron chi connectivity index (χ1n) is 10.2. The Morgan fingerprint density at radius 1 is 0.893 bits per heavy atom. The van der Waals surface area contributed by atoms with Gasteiger partial charge >= 0.3 is 0 Å². The van der Waals surface area contributed by atoms with Crippen LogP contribution in [0.5, 0.6) is 0 Å². The van der Waals surface area contributed by atoms with E-state index >= 15 is 0 Å². The summed E-state index contributed by atoms with van der Waals surface area (Å²) in [4.78, 5) is 43.6. The maximum absolute atomic E-state index is 12.7. The van der Waals surface area contributed by atoms with Crippen LogP contribution in [0.3, 0.4) is 0 Å². The second-order valence-corrected chi connectivity index (χ2v) is 8.28. The molecule has 1 aromatic rings. The van der Waals surface area contributed by atoms with Gasteiger partial charge in [0.15, 0.2) is 0 Å². The number of benzene rings is 1. The lowest BCUT2D eigenvalue weighted by Crippen LogP contribution is -2.49. The minimum Gasteiger partial charge on any atom is -0.368 e. The van der Waals surface area contributed by atoms with Gasteiger partial charge in [0.05, 0.1) is 11.8 Å². The molecule has 6 heteroatoms. The molecule has 5 rings (SSSR count). The fraction of sp³-hybridized carbons (Fsp3) is 0.500. The van der Waals surface area contributed by atoms with Crippen molar-refractivity contribution in [3.05, 3.63) is 42.5 Å². The summed E-state index contributed by atoms with van der Waals surface area (Å²) in [6.45, 7) is 3.18. The van der Waals surface area contributed by atoms with Gasteiger partial charge in [-0.3, -0.25) is 19.3 Å².